The second-order valence-electron chi connectivity index (χ2n) is 3.80. The summed E-state index contributed by atoms with van der Waals surface area (Å²) < 4.78 is 5.32. The van der Waals surface area contributed by atoms with Crippen LogP contribution >= 0.6 is 0 Å². The number of carbonyl (C=O) groups excluding carboxylic acids is 1. The topological polar surface area (TPSA) is 96.9 Å². The van der Waals surface area contributed by atoms with Gasteiger partial charge >= 0.3 is 6.03 Å². The van der Waals surface area contributed by atoms with Gasteiger partial charge in [0.25, 0.3) is 0 Å². The monoisotopic (exact) mass is 234 g/mol. The number of aromatic nitrogens is 2. The van der Waals surface area contributed by atoms with Crippen LogP contribution in [0.15, 0.2) is 22.8 Å². The Morgan fingerprint density at radius 2 is 2.35 bits per heavy atom. The van der Waals surface area contributed by atoms with Crippen LogP contribution in [0.2, 0.25) is 0 Å². The molecule has 2 amide bonds. The minimum absolute atomic E-state index is 0.416. The van der Waals surface area contributed by atoms with E-state index in [9.17, 15) is 4.79 Å². The van der Waals surface area contributed by atoms with Gasteiger partial charge in [-0.3, -0.25) is 5.10 Å². The fraction of sp³-hybridized carbons (Fsp3) is 0.273. The largest absolute Gasteiger partial charge is 0.467 e. The Morgan fingerprint density at radius 1 is 1.59 bits per heavy atom. The summed E-state index contributed by atoms with van der Waals surface area (Å²) in [6, 6.07) is 2.52. The highest BCUT2D eigenvalue weighted by molar-refractivity contribution is 5.72. The number of primary amides is 1. The number of hydrogen-bond acceptors (Lipinski definition) is 3. The molecule has 4 N–H and O–H groups in total. The highest BCUT2D eigenvalue weighted by atomic mass is 16.3. The third-order valence-electron chi connectivity index (χ3n) is 2.59. The van der Waals surface area contributed by atoms with Gasteiger partial charge in [0.2, 0.25) is 0 Å². The number of aryl methyl sites for hydroxylation is 2. The van der Waals surface area contributed by atoms with Crippen molar-refractivity contribution in [2.24, 2.45) is 5.73 Å². The number of hydrogen-bond donors (Lipinski definition) is 3. The van der Waals surface area contributed by atoms with E-state index in [0.717, 1.165) is 17.0 Å². The van der Waals surface area contributed by atoms with E-state index in [-0.39, 0.29) is 0 Å². The number of rotatable bonds is 3. The maximum Gasteiger partial charge on any atom is 0.313 e. The van der Waals surface area contributed by atoms with Crippen molar-refractivity contribution >= 4 is 6.03 Å². The Hall–Kier alpha value is -2.24. The van der Waals surface area contributed by atoms with Gasteiger partial charge in [-0.2, -0.15) is 5.10 Å². The molecule has 17 heavy (non-hydrogen) atoms. The average molecular weight is 234 g/mol. The van der Waals surface area contributed by atoms with Crippen molar-refractivity contribution in [1.29, 1.82) is 0 Å². The fourth-order valence-electron chi connectivity index (χ4n) is 1.87. The molecule has 2 heterocycles. The van der Waals surface area contributed by atoms with E-state index < -0.39 is 12.1 Å². The third kappa shape index (κ3) is 2.15. The van der Waals surface area contributed by atoms with Crippen molar-refractivity contribution in [2.75, 3.05) is 0 Å². The van der Waals surface area contributed by atoms with Gasteiger partial charge in [-0.15, -0.1) is 0 Å². The van der Waals surface area contributed by atoms with Gasteiger partial charge in [0.1, 0.15) is 11.8 Å². The molecule has 0 bridgehead atoms. The van der Waals surface area contributed by atoms with Crippen molar-refractivity contribution in [1.82, 2.24) is 15.5 Å². The van der Waals surface area contributed by atoms with E-state index in [1.54, 1.807) is 18.4 Å². The maximum atomic E-state index is 11.1. The Kier molecular flexibility index (Phi) is 2.86. The minimum Gasteiger partial charge on any atom is -0.467 e. The van der Waals surface area contributed by atoms with Gasteiger partial charge in [-0.1, -0.05) is 0 Å². The lowest BCUT2D eigenvalue weighted by atomic mass is 10.0. The average Bonchev–Trinajstić information content (AvgIpc) is 2.86. The summed E-state index contributed by atoms with van der Waals surface area (Å²) in [5, 5.41) is 9.62. The van der Waals surface area contributed by atoms with Crippen molar-refractivity contribution in [2.45, 2.75) is 19.9 Å². The number of furan rings is 1. The molecule has 0 saturated carbocycles. The molecule has 0 aromatic carbocycles. The Labute approximate surface area is 98.2 Å². The summed E-state index contributed by atoms with van der Waals surface area (Å²) in [6.45, 7) is 3.74. The highest BCUT2D eigenvalue weighted by Crippen LogP contribution is 2.26. The lowest BCUT2D eigenvalue weighted by Gasteiger charge is -2.15. The molecule has 6 nitrogen and oxygen atoms in total. The van der Waals surface area contributed by atoms with Crippen LogP contribution in [0, 0.1) is 13.8 Å². The smallest absolute Gasteiger partial charge is 0.313 e. The molecule has 2 rings (SSSR count). The number of nitrogens with two attached hydrogens (primary N) is 1. The molecular formula is C11H14N4O2. The SMILES string of the molecule is Cc1n[nH]c(C)c1C(NC(N)=O)c1ccco1. The van der Waals surface area contributed by atoms with Crippen molar-refractivity contribution in [3.05, 3.63) is 41.1 Å². The fourth-order valence-corrected chi connectivity index (χ4v) is 1.87. The lowest BCUT2D eigenvalue weighted by Crippen LogP contribution is -2.34. The molecular weight excluding hydrogens is 220 g/mol. The van der Waals surface area contributed by atoms with E-state index in [1.165, 1.54) is 0 Å². The number of nitrogens with zero attached hydrogens (tertiary/aromatic N) is 1. The number of nitrogens with one attached hydrogen (secondary N) is 2. The van der Waals surface area contributed by atoms with Crippen LogP contribution in [0.5, 0.6) is 0 Å². The molecule has 6 heteroatoms. The molecule has 1 unspecified atom stereocenters. The highest BCUT2D eigenvalue weighted by Gasteiger charge is 2.23. The molecule has 90 valence electrons. The number of carbonyl (C=O) groups is 1. The Morgan fingerprint density at radius 3 is 2.82 bits per heavy atom. The zero-order chi connectivity index (χ0) is 12.4. The number of H-pyrrole nitrogens is 1. The van der Waals surface area contributed by atoms with Gasteiger partial charge in [0.05, 0.1) is 12.0 Å². The van der Waals surface area contributed by atoms with E-state index in [0.29, 0.717) is 5.76 Å². The quantitative estimate of drug-likeness (QED) is 0.748. The predicted octanol–water partition coefficient (Wildman–Crippen LogP) is 1.38. The molecule has 0 aliphatic rings. The van der Waals surface area contributed by atoms with E-state index in [4.69, 9.17) is 10.2 Å². The van der Waals surface area contributed by atoms with Crippen LogP contribution in [0.25, 0.3) is 0 Å². The van der Waals surface area contributed by atoms with Crippen molar-refractivity contribution in [3.8, 4) is 0 Å². The first-order valence-corrected chi connectivity index (χ1v) is 5.20. The number of amides is 2. The Balaban J connectivity index is 2.44. The zero-order valence-corrected chi connectivity index (χ0v) is 9.65. The first-order valence-electron chi connectivity index (χ1n) is 5.20. The van der Waals surface area contributed by atoms with Crippen LogP contribution in [-0.2, 0) is 0 Å². The summed E-state index contributed by atoms with van der Waals surface area (Å²) >= 11 is 0. The maximum absolute atomic E-state index is 11.1. The summed E-state index contributed by atoms with van der Waals surface area (Å²) in [7, 11) is 0. The van der Waals surface area contributed by atoms with Gasteiger partial charge in [0, 0.05) is 11.3 Å². The minimum atomic E-state index is -0.605. The first-order chi connectivity index (χ1) is 8.09. The summed E-state index contributed by atoms with van der Waals surface area (Å²) in [6.07, 6.45) is 1.55. The lowest BCUT2D eigenvalue weighted by molar-refractivity contribution is 0.245. The second kappa shape index (κ2) is 4.32. The number of aromatic amines is 1. The predicted molar refractivity (Wildman–Crippen MR) is 61.3 cm³/mol. The van der Waals surface area contributed by atoms with E-state index in [1.807, 2.05) is 13.8 Å². The van der Waals surface area contributed by atoms with E-state index in [2.05, 4.69) is 15.5 Å². The van der Waals surface area contributed by atoms with Gasteiger partial charge in [0.15, 0.2) is 0 Å². The Bertz CT molecular complexity index is 496. The van der Waals surface area contributed by atoms with Crippen LogP contribution in [0.1, 0.15) is 28.8 Å². The van der Waals surface area contributed by atoms with Gasteiger partial charge < -0.3 is 15.5 Å². The number of urea groups is 1. The van der Waals surface area contributed by atoms with Gasteiger partial charge in [-0.05, 0) is 26.0 Å². The molecule has 0 aliphatic carbocycles. The van der Waals surface area contributed by atoms with Crippen LogP contribution in [0.3, 0.4) is 0 Å². The van der Waals surface area contributed by atoms with E-state index >= 15 is 0 Å². The van der Waals surface area contributed by atoms with Crippen LogP contribution in [0.4, 0.5) is 4.79 Å². The summed E-state index contributed by atoms with van der Waals surface area (Å²) in [5.74, 6) is 0.622. The standard InChI is InChI=1S/C11H14N4O2/c1-6-9(7(2)15-14-6)10(13-11(12)16)8-4-3-5-17-8/h3-5,10H,1-2H3,(H,14,15)(H3,12,13,16). The van der Waals surface area contributed by atoms with Crippen molar-refractivity contribution < 1.29 is 9.21 Å². The zero-order valence-electron chi connectivity index (χ0n) is 9.65. The third-order valence-corrected chi connectivity index (χ3v) is 2.59. The summed E-state index contributed by atoms with van der Waals surface area (Å²) in [4.78, 5) is 11.1. The summed E-state index contributed by atoms with van der Waals surface area (Å²) in [5.41, 5.74) is 7.73. The molecule has 0 spiro atoms. The molecule has 0 saturated heterocycles. The van der Waals surface area contributed by atoms with Crippen LogP contribution in [-0.4, -0.2) is 16.2 Å². The molecule has 0 aliphatic heterocycles. The second-order valence-corrected chi connectivity index (χ2v) is 3.80. The molecule has 0 radical (unpaired) electrons. The first kappa shape index (κ1) is 11.3. The molecule has 2 aromatic rings. The molecule has 0 fully saturated rings. The molecule has 1 atom stereocenters. The van der Waals surface area contributed by atoms with Crippen molar-refractivity contribution in [3.63, 3.8) is 0 Å². The van der Waals surface area contributed by atoms with Gasteiger partial charge in [-0.25, -0.2) is 4.79 Å². The normalized spacial score (nSPS) is 12.4. The van der Waals surface area contributed by atoms with Crippen LogP contribution < -0.4 is 11.1 Å². The molecule has 2 aromatic heterocycles.